The summed E-state index contributed by atoms with van der Waals surface area (Å²) in [6.45, 7) is 4.78. The molecule has 0 aliphatic heterocycles. The van der Waals surface area contributed by atoms with Crippen molar-refractivity contribution < 1.29 is 0 Å². The number of thiophene rings is 1. The van der Waals surface area contributed by atoms with Crippen molar-refractivity contribution in [2.24, 2.45) is 5.92 Å². The summed E-state index contributed by atoms with van der Waals surface area (Å²) in [5, 5.41) is 2.18. The molecule has 17 heavy (non-hydrogen) atoms. The first kappa shape index (κ1) is 13.4. The van der Waals surface area contributed by atoms with Crippen molar-refractivity contribution in [2.75, 3.05) is 12.3 Å². The van der Waals surface area contributed by atoms with Crippen LogP contribution in [0.5, 0.6) is 0 Å². The van der Waals surface area contributed by atoms with E-state index in [1.165, 1.54) is 37.1 Å². The monoisotopic (exact) mass is 269 g/mol. The predicted octanol–water partition coefficient (Wildman–Crippen LogP) is 4.06. The molecule has 1 aliphatic rings. The average Bonchev–Trinajstić information content (AvgIpc) is 3.03. The van der Waals surface area contributed by atoms with E-state index in [-0.39, 0.29) is 0 Å². The van der Waals surface area contributed by atoms with Crippen LogP contribution in [0.4, 0.5) is 0 Å². The SMILES string of the molecule is CC(CCS)CCN(Cc1cccs1)C1CC1. The number of thiol groups is 1. The second-order valence-electron chi connectivity index (χ2n) is 5.19. The van der Waals surface area contributed by atoms with E-state index in [0.717, 1.165) is 24.3 Å². The standard InChI is InChI=1S/C14H23NS2/c1-12(7-9-16)6-8-15(13-4-5-13)11-14-3-2-10-17-14/h2-3,10,12-13,16H,4-9,11H2,1H3. The normalized spacial score (nSPS) is 17.6. The van der Waals surface area contributed by atoms with E-state index >= 15 is 0 Å². The highest BCUT2D eigenvalue weighted by Crippen LogP contribution is 2.29. The first-order valence-corrected chi connectivity index (χ1v) is 8.18. The van der Waals surface area contributed by atoms with Crippen molar-refractivity contribution in [1.82, 2.24) is 4.90 Å². The molecule has 1 heterocycles. The van der Waals surface area contributed by atoms with Crippen LogP contribution >= 0.6 is 24.0 Å². The summed E-state index contributed by atoms with van der Waals surface area (Å²) < 4.78 is 0. The van der Waals surface area contributed by atoms with Crippen LogP contribution in [0.25, 0.3) is 0 Å². The van der Waals surface area contributed by atoms with Crippen LogP contribution in [-0.2, 0) is 6.54 Å². The summed E-state index contributed by atoms with van der Waals surface area (Å²) in [6, 6.07) is 5.30. The molecule has 1 atom stereocenters. The fourth-order valence-electron chi connectivity index (χ4n) is 2.18. The number of hydrogen-bond acceptors (Lipinski definition) is 3. The van der Waals surface area contributed by atoms with Gasteiger partial charge in [0, 0.05) is 17.5 Å². The van der Waals surface area contributed by atoms with E-state index in [1.807, 2.05) is 11.3 Å². The summed E-state index contributed by atoms with van der Waals surface area (Å²) in [4.78, 5) is 4.19. The number of hydrogen-bond donors (Lipinski definition) is 1. The number of nitrogens with zero attached hydrogens (tertiary/aromatic N) is 1. The van der Waals surface area contributed by atoms with Gasteiger partial charge in [0.05, 0.1) is 0 Å². The van der Waals surface area contributed by atoms with Gasteiger partial charge in [-0.2, -0.15) is 12.6 Å². The van der Waals surface area contributed by atoms with E-state index in [0.29, 0.717) is 0 Å². The second-order valence-corrected chi connectivity index (χ2v) is 6.67. The molecule has 0 radical (unpaired) electrons. The Morgan fingerprint density at radius 3 is 2.88 bits per heavy atom. The van der Waals surface area contributed by atoms with E-state index in [2.05, 4.69) is 42.0 Å². The van der Waals surface area contributed by atoms with Gasteiger partial charge in [0.25, 0.3) is 0 Å². The molecule has 2 rings (SSSR count). The average molecular weight is 269 g/mol. The maximum Gasteiger partial charge on any atom is 0.0330 e. The molecule has 3 heteroatoms. The van der Waals surface area contributed by atoms with Crippen molar-refractivity contribution in [3.8, 4) is 0 Å². The molecular weight excluding hydrogens is 246 g/mol. The Kier molecular flexibility index (Phi) is 5.39. The Hall–Kier alpha value is 0.01000. The third-order valence-electron chi connectivity index (χ3n) is 3.53. The fraction of sp³-hybridized carbons (Fsp3) is 0.714. The molecule has 96 valence electrons. The molecular formula is C14H23NS2. The zero-order valence-corrected chi connectivity index (χ0v) is 12.4. The van der Waals surface area contributed by atoms with Crippen LogP contribution in [0, 0.1) is 5.92 Å². The maximum atomic E-state index is 4.32. The Labute approximate surface area is 115 Å². The van der Waals surface area contributed by atoms with E-state index < -0.39 is 0 Å². The Morgan fingerprint density at radius 1 is 1.47 bits per heavy atom. The molecule has 1 aromatic heterocycles. The molecule has 1 aromatic rings. The Morgan fingerprint density at radius 2 is 2.29 bits per heavy atom. The zero-order valence-electron chi connectivity index (χ0n) is 10.6. The van der Waals surface area contributed by atoms with Crippen LogP contribution in [0.2, 0.25) is 0 Å². The predicted molar refractivity (Wildman–Crippen MR) is 80.0 cm³/mol. The molecule has 0 bridgehead atoms. The smallest absolute Gasteiger partial charge is 0.0330 e. The first-order valence-electron chi connectivity index (χ1n) is 6.67. The van der Waals surface area contributed by atoms with Crippen LogP contribution < -0.4 is 0 Å². The van der Waals surface area contributed by atoms with Crippen LogP contribution in [0.15, 0.2) is 17.5 Å². The van der Waals surface area contributed by atoms with Crippen molar-refractivity contribution in [3.63, 3.8) is 0 Å². The van der Waals surface area contributed by atoms with Gasteiger partial charge >= 0.3 is 0 Å². The number of rotatable bonds is 8. The minimum atomic E-state index is 0.817. The molecule has 0 N–H and O–H groups in total. The lowest BCUT2D eigenvalue weighted by Crippen LogP contribution is -2.27. The van der Waals surface area contributed by atoms with Gasteiger partial charge in [-0.3, -0.25) is 4.90 Å². The Bertz CT molecular complexity index is 306. The van der Waals surface area contributed by atoms with Gasteiger partial charge < -0.3 is 0 Å². The summed E-state index contributed by atoms with van der Waals surface area (Å²) in [5.74, 6) is 1.84. The van der Waals surface area contributed by atoms with E-state index in [1.54, 1.807) is 0 Å². The summed E-state index contributed by atoms with van der Waals surface area (Å²) >= 11 is 6.20. The third kappa shape index (κ3) is 4.65. The molecule has 0 aromatic carbocycles. The molecule has 0 saturated heterocycles. The maximum absolute atomic E-state index is 4.32. The third-order valence-corrected chi connectivity index (χ3v) is 4.65. The van der Waals surface area contributed by atoms with Crippen LogP contribution in [0.1, 0.15) is 37.5 Å². The fourth-order valence-corrected chi connectivity index (χ4v) is 3.35. The van der Waals surface area contributed by atoms with Crippen LogP contribution in [-0.4, -0.2) is 23.2 Å². The summed E-state index contributed by atoms with van der Waals surface area (Å²) in [5.41, 5.74) is 0. The molecule has 1 aliphatic carbocycles. The van der Waals surface area contributed by atoms with Gasteiger partial charge in [-0.05, 0) is 55.3 Å². The van der Waals surface area contributed by atoms with Crippen molar-refractivity contribution in [1.29, 1.82) is 0 Å². The topological polar surface area (TPSA) is 3.24 Å². The van der Waals surface area contributed by atoms with Crippen molar-refractivity contribution in [3.05, 3.63) is 22.4 Å². The zero-order chi connectivity index (χ0) is 12.1. The second kappa shape index (κ2) is 6.81. The molecule has 1 nitrogen and oxygen atoms in total. The quantitative estimate of drug-likeness (QED) is 0.697. The summed E-state index contributed by atoms with van der Waals surface area (Å²) in [6.07, 6.45) is 5.39. The Balaban J connectivity index is 1.77. The van der Waals surface area contributed by atoms with Crippen LogP contribution in [0.3, 0.4) is 0 Å². The van der Waals surface area contributed by atoms with Crippen molar-refractivity contribution >= 4 is 24.0 Å². The van der Waals surface area contributed by atoms with Gasteiger partial charge in [0.1, 0.15) is 0 Å². The molecule has 1 saturated carbocycles. The minimum absolute atomic E-state index is 0.817. The molecule has 0 spiro atoms. The van der Waals surface area contributed by atoms with Gasteiger partial charge in [-0.1, -0.05) is 13.0 Å². The highest BCUT2D eigenvalue weighted by Gasteiger charge is 2.28. The first-order chi connectivity index (χ1) is 8.29. The molecule has 1 fully saturated rings. The highest BCUT2D eigenvalue weighted by atomic mass is 32.1. The van der Waals surface area contributed by atoms with E-state index in [9.17, 15) is 0 Å². The lowest BCUT2D eigenvalue weighted by atomic mass is 10.0. The van der Waals surface area contributed by atoms with E-state index in [4.69, 9.17) is 0 Å². The minimum Gasteiger partial charge on any atom is -0.295 e. The lowest BCUT2D eigenvalue weighted by Gasteiger charge is -2.23. The highest BCUT2D eigenvalue weighted by molar-refractivity contribution is 7.80. The molecule has 0 amide bonds. The largest absolute Gasteiger partial charge is 0.295 e. The van der Waals surface area contributed by atoms with Crippen molar-refractivity contribution in [2.45, 2.75) is 45.2 Å². The van der Waals surface area contributed by atoms with Gasteiger partial charge in [-0.15, -0.1) is 11.3 Å². The van der Waals surface area contributed by atoms with Gasteiger partial charge in [0.15, 0.2) is 0 Å². The summed E-state index contributed by atoms with van der Waals surface area (Å²) in [7, 11) is 0. The molecule has 1 unspecified atom stereocenters. The van der Waals surface area contributed by atoms with Gasteiger partial charge in [-0.25, -0.2) is 0 Å². The van der Waals surface area contributed by atoms with Gasteiger partial charge in [0.2, 0.25) is 0 Å². The lowest BCUT2D eigenvalue weighted by molar-refractivity contribution is 0.237.